The highest BCUT2D eigenvalue weighted by molar-refractivity contribution is 5.92. The third-order valence-electron chi connectivity index (χ3n) is 3.71. The van der Waals surface area contributed by atoms with E-state index in [0.29, 0.717) is 23.7 Å². The lowest BCUT2D eigenvalue weighted by molar-refractivity contribution is 0.0946. The smallest absolute Gasteiger partial charge is 0.270 e. The summed E-state index contributed by atoms with van der Waals surface area (Å²) < 4.78 is 0. The zero-order valence-corrected chi connectivity index (χ0v) is 14.2. The standard InChI is InChI=1S/C20H17N5O/c1-14-5-7-15(8-6-14)13-23-19(26)18-9-10-22-20(25-18)24-17-4-2-3-16(11-17)12-21/h2-11H,13H2,1H3,(H,23,26)(H,22,24,25). The first-order valence-electron chi connectivity index (χ1n) is 8.08. The van der Waals surface area contributed by atoms with Gasteiger partial charge in [0, 0.05) is 18.4 Å². The number of nitrogens with zero attached hydrogens (tertiary/aromatic N) is 3. The molecule has 1 aromatic heterocycles. The van der Waals surface area contributed by atoms with E-state index in [0.717, 1.165) is 5.56 Å². The number of nitriles is 1. The Balaban J connectivity index is 1.67. The lowest BCUT2D eigenvalue weighted by atomic mass is 10.1. The number of amides is 1. The maximum atomic E-state index is 12.3. The fraction of sp³-hybridized carbons (Fsp3) is 0.100. The maximum Gasteiger partial charge on any atom is 0.270 e. The number of nitrogens with one attached hydrogen (secondary N) is 2. The summed E-state index contributed by atoms with van der Waals surface area (Å²) in [6.45, 7) is 2.44. The van der Waals surface area contributed by atoms with Gasteiger partial charge in [0.2, 0.25) is 5.95 Å². The van der Waals surface area contributed by atoms with Gasteiger partial charge in [-0.1, -0.05) is 35.9 Å². The molecule has 6 nitrogen and oxygen atoms in total. The molecule has 0 unspecified atom stereocenters. The van der Waals surface area contributed by atoms with Gasteiger partial charge >= 0.3 is 0 Å². The molecule has 3 rings (SSSR count). The van der Waals surface area contributed by atoms with E-state index in [1.165, 1.54) is 11.8 Å². The van der Waals surface area contributed by atoms with E-state index >= 15 is 0 Å². The van der Waals surface area contributed by atoms with Crippen LogP contribution >= 0.6 is 0 Å². The Bertz CT molecular complexity index is 960. The Labute approximate surface area is 151 Å². The molecule has 0 aliphatic carbocycles. The van der Waals surface area contributed by atoms with Crippen molar-refractivity contribution in [1.29, 1.82) is 5.26 Å². The molecule has 0 spiro atoms. The van der Waals surface area contributed by atoms with Crippen molar-refractivity contribution in [3.63, 3.8) is 0 Å². The summed E-state index contributed by atoms with van der Waals surface area (Å²) in [6, 6.07) is 18.6. The molecule has 1 amide bonds. The van der Waals surface area contributed by atoms with Crippen LogP contribution in [0.2, 0.25) is 0 Å². The van der Waals surface area contributed by atoms with Gasteiger partial charge in [0.1, 0.15) is 5.69 Å². The minimum Gasteiger partial charge on any atom is -0.347 e. The van der Waals surface area contributed by atoms with Crippen LogP contribution in [0.5, 0.6) is 0 Å². The van der Waals surface area contributed by atoms with Gasteiger partial charge in [0.25, 0.3) is 5.91 Å². The fourth-order valence-corrected chi connectivity index (χ4v) is 2.32. The SMILES string of the molecule is Cc1ccc(CNC(=O)c2ccnc(Nc3cccc(C#N)c3)n2)cc1. The lowest BCUT2D eigenvalue weighted by Gasteiger charge is -2.08. The monoisotopic (exact) mass is 343 g/mol. The third-order valence-corrected chi connectivity index (χ3v) is 3.71. The summed E-state index contributed by atoms with van der Waals surface area (Å²) in [5, 5.41) is 14.8. The first-order chi connectivity index (χ1) is 12.6. The molecular formula is C20H17N5O. The highest BCUT2D eigenvalue weighted by atomic mass is 16.1. The molecular weight excluding hydrogens is 326 g/mol. The molecule has 3 aromatic rings. The molecule has 6 heteroatoms. The summed E-state index contributed by atoms with van der Waals surface area (Å²) in [5.74, 6) is 0.0184. The average molecular weight is 343 g/mol. The van der Waals surface area contributed by atoms with E-state index in [4.69, 9.17) is 5.26 Å². The molecule has 2 aromatic carbocycles. The molecule has 0 aliphatic rings. The second kappa shape index (κ2) is 7.90. The minimum absolute atomic E-state index is 0.269. The van der Waals surface area contributed by atoms with Gasteiger partial charge in [0.15, 0.2) is 0 Å². The molecule has 0 fully saturated rings. The predicted molar refractivity (Wildman–Crippen MR) is 98.8 cm³/mol. The summed E-state index contributed by atoms with van der Waals surface area (Å²) in [4.78, 5) is 20.7. The van der Waals surface area contributed by atoms with Crippen molar-refractivity contribution >= 4 is 17.5 Å². The number of anilines is 2. The second-order valence-electron chi connectivity index (χ2n) is 5.75. The summed E-state index contributed by atoms with van der Waals surface area (Å²) in [7, 11) is 0. The first kappa shape index (κ1) is 17.1. The molecule has 0 saturated carbocycles. The molecule has 0 aliphatic heterocycles. The van der Waals surface area contributed by atoms with Crippen LogP contribution in [0.4, 0.5) is 11.6 Å². The molecule has 0 bridgehead atoms. The van der Waals surface area contributed by atoms with Crippen LogP contribution in [-0.4, -0.2) is 15.9 Å². The largest absolute Gasteiger partial charge is 0.347 e. The van der Waals surface area contributed by atoms with Crippen LogP contribution in [0, 0.1) is 18.3 Å². The minimum atomic E-state index is -0.276. The Morgan fingerprint density at radius 2 is 1.96 bits per heavy atom. The van der Waals surface area contributed by atoms with E-state index < -0.39 is 0 Å². The van der Waals surface area contributed by atoms with E-state index in [1.807, 2.05) is 31.2 Å². The van der Waals surface area contributed by atoms with Gasteiger partial charge < -0.3 is 10.6 Å². The quantitative estimate of drug-likeness (QED) is 0.741. The number of aryl methyl sites for hydroxylation is 1. The number of benzene rings is 2. The number of rotatable bonds is 5. The van der Waals surface area contributed by atoms with Crippen molar-refractivity contribution in [2.75, 3.05) is 5.32 Å². The summed E-state index contributed by atoms with van der Waals surface area (Å²) in [5.41, 5.74) is 3.67. The molecule has 0 atom stereocenters. The van der Waals surface area contributed by atoms with Crippen LogP contribution in [0.15, 0.2) is 60.8 Å². The Kier molecular flexibility index (Phi) is 5.20. The van der Waals surface area contributed by atoms with Crippen molar-refractivity contribution in [3.8, 4) is 6.07 Å². The topological polar surface area (TPSA) is 90.7 Å². The van der Waals surface area contributed by atoms with Gasteiger partial charge in [-0.05, 0) is 36.8 Å². The summed E-state index contributed by atoms with van der Waals surface area (Å²) >= 11 is 0. The van der Waals surface area contributed by atoms with Crippen LogP contribution in [0.1, 0.15) is 27.2 Å². The Morgan fingerprint density at radius 3 is 2.73 bits per heavy atom. The fourth-order valence-electron chi connectivity index (χ4n) is 2.32. The number of aromatic nitrogens is 2. The van der Waals surface area contributed by atoms with Crippen molar-refractivity contribution in [2.24, 2.45) is 0 Å². The zero-order valence-electron chi connectivity index (χ0n) is 14.2. The highest BCUT2D eigenvalue weighted by Crippen LogP contribution is 2.14. The van der Waals surface area contributed by atoms with E-state index in [1.54, 1.807) is 30.3 Å². The molecule has 2 N–H and O–H groups in total. The number of hydrogen-bond acceptors (Lipinski definition) is 5. The number of carbonyl (C=O) groups is 1. The van der Waals surface area contributed by atoms with Crippen molar-refractivity contribution in [3.05, 3.63) is 83.2 Å². The van der Waals surface area contributed by atoms with E-state index in [-0.39, 0.29) is 11.6 Å². The number of hydrogen-bond donors (Lipinski definition) is 2. The normalized spacial score (nSPS) is 10.0. The Hall–Kier alpha value is -3.72. The molecule has 26 heavy (non-hydrogen) atoms. The van der Waals surface area contributed by atoms with Gasteiger partial charge in [-0.25, -0.2) is 9.97 Å². The lowest BCUT2D eigenvalue weighted by Crippen LogP contribution is -2.24. The van der Waals surface area contributed by atoms with Gasteiger partial charge in [-0.2, -0.15) is 5.26 Å². The summed E-state index contributed by atoms with van der Waals surface area (Å²) in [6.07, 6.45) is 1.52. The molecule has 0 radical (unpaired) electrons. The van der Waals surface area contributed by atoms with Crippen LogP contribution in [0.3, 0.4) is 0 Å². The Morgan fingerprint density at radius 1 is 1.15 bits per heavy atom. The predicted octanol–water partition coefficient (Wildman–Crippen LogP) is 3.33. The third kappa shape index (κ3) is 4.42. The average Bonchev–Trinajstić information content (AvgIpc) is 2.67. The van der Waals surface area contributed by atoms with Crippen molar-refractivity contribution < 1.29 is 4.79 Å². The van der Waals surface area contributed by atoms with E-state index in [2.05, 4.69) is 26.7 Å². The van der Waals surface area contributed by atoms with Crippen LogP contribution in [0.25, 0.3) is 0 Å². The highest BCUT2D eigenvalue weighted by Gasteiger charge is 2.09. The second-order valence-corrected chi connectivity index (χ2v) is 5.75. The van der Waals surface area contributed by atoms with E-state index in [9.17, 15) is 4.79 Å². The molecule has 128 valence electrons. The van der Waals surface area contributed by atoms with Crippen molar-refractivity contribution in [2.45, 2.75) is 13.5 Å². The number of carbonyl (C=O) groups excluding carboxylic acids is 1. The van der Waals surface area contributed by atoms with Crippen molar-refractivity contribution in [1.82, 2.24) is 15.3 Å². The molecule has 1 heterocycles. The molecule has 0 saturated heterocycles. The maximum absolute atomic E-state index is 12.3. The first-order valence-corrected chi connectivity index (χ1v) is 8.08. The van der Waals surface area contributed by atoms with Crippen LogP contribution < -0.4 is 10.6 Å². The van der Waals surface area contributed by atoms with Crippen LogP contribution in [-0.2, 0) is 6.54 Å². The van der Waals surface area contributed by atoms with Gasteiger partial charge in [-0.3, -0.25) is 4.79 Å². The van der Waals surface area contributed by atoms with Gasteiger partial charge in [0.05, 0.1) is 11.6 Å². The van der Waals surface area contributed by atoms with Gasteiger partial charge in [-0.15, -0.1) is 0 Å². The zero-order chi connectivity index (χ0) is 18.4.